The van der Waals surface area contributed by atoms with Crippen molar-refractivity contribution in [1.29, 1.82) is 0 Å². The van der Waals surface area contributed by atoms with Gasteiger partial charge in [-0.1, -0.05) is 18.6 Å². The van der Waals surface area contributed by atoms with Crippen LogP contribution in [0.25, 0.3) is 0 Å². The third-order valence-electron chi connectivity index (χ3n) is 5.96. The summed E-state index contributed by atoms with van der Waals surface area (Å²) in [5.74, 6) is 1.75. The number of piperidine rings is 1. The number of carbonyl (C=O) groups is 1. The molecule has 7 heteroatoms. The van der Waals surface area contributed by atoms with E-state index in [2.05, 4.69) is 33.4 Å². The van der Waals surface area contributed by atoms with Gasteiger partial charge in [-0.05, 0) is 69.3 Å². The van der Waals surface area contributed by atoms with Gasteiger partial charge in [0, 0.05) is 45.3 Å². The van der Waals surface area contributed by atoms with Gasteiger partial charge in [0.25, 0.3) is 5.91 Å². The van der Waals surface area contributed by atoms with Gasteiger partial charge in [-0.25, -0.2) is 0 Å². The zero-order valence-electron chi connectivity index (χ0n) is 18.5. The van der Waals surface area contributed by atoms with E-state index in [1.165, 1.54) is 45.3 Å². The number of aliphatic imine (C=N–C) groups is 1. The molecule has 168 valence electrons. The molecule has 3 rings (SSSR count). The van der Waals surface area contributed by atoms with Crippen molar-refractivity contribution in [2.45, 2.75) is 39.0 Å². The zero-order chi connectivity index (χ0) is 20.5. The molecule has 0 bridgehead atoms. The third-order valence-corrected chi connectivity index (χ3v) is 5.96. The minimum atomic E-state index is -0.0412. The number of halogens is 1. The maximum atomic E-state index is 11.8. The molecule has 2 fully saturated rings. The predicted octanol–water partition coefficient (Wildman–Crippen LogP) is 2.98. The van der Waals surface area contributed by atoms with Gasteiger partial charge < -0.3 is 20.4 Å². The van der Waals surface area contributed by atoms with E-state index in [9.17, 15) is 4.79 Å². The molecule has 0 aliphatic carbocycles. The van der Waals surface area contributed by atoms with Gasteiger partial charge in [0.1, 0.15) is 0 Å². The highest BCUT2D eigenvalue weighted by atomic mass is 127. The van der Waals surface area contributed by atoms with Crippen LogP contribution in [0.15, 0.2) is 29.3 Å². The average molecular weight is 527 g/mol. The minimum absolute atomic E-state index is 0. The standard InChI is InChI=1S/C23H37N5O.HI/c1-3-25-23(26-12-10-19-8-7-9-21(16-19)22(29)24-2)28-15-11-20(18-28)17-27-13-5-4-6-14-27;/h7-9,16,20H,3-6,10-15,17-18H2,1-2H3,(H,24,29)(H,25,26);1H. The molecule has 0 aromatic heterocycles. The highest BCUT2D eigenvalue weighted by molar-refractivity contribution is 14.0. The normalized spacial score (nSPS) is 20.0. The summed E-state index contributed by atoms with van der Waals surface area (Å²) in [4.78, 5) is 21.8. The molecule has 6 nitrogen and oxygen atoms in total. The number of amides is 1. The van der Waals surface area contributed by atoms with Crippen LogP contribution in [0.4, 0.5) is 0 Å². The van der Waals surface area contributed by atoms with Gasteiger partial charge in [0.05, 0.1) is 0 Å². The Hall–Kier alpha value is -1.35. The molecule has 2 heterocycles. The third kappa shape index (κ3) is 7.41. The van der Waals surface area contributed by atoms with Crippen molar-refractivity contribution in [2.75, 3.05) is 52.9 Å². The Bertz CT molecular complexity index is 690. The van der Waals surface area contributed by atoms with Crippen molar-refractivity contribution < 1.29 is 4.79 Å². The van der Waals surface area contributed by atoms with E-state index in [1.54, 1.807) is 7.05 Å². The Morgan fingerprint density at radius 2 is 2.00 bits per heavy atom. The fourth-order valence-electron chi connectivity index (χ4n) is 4.41. The smallest absolute Gasteiger partial charge is 0.251 e. The summed E-state index contributed by atoms with van der Waals surface area (Å²) < 4.78 is 0. The van der Waals surface area contributed by atoms with Crippen LogP contribution in [-0.4, -0.2) is 74.5 Å². The van der Waals surface area contributed by atoms with Gasteiger partial charge in [0.2, 0.25) is 0 Å². The monoisotopic (exact) mass is 527 g/mol. The average Bonchev–Trinajstić information content (AvgIpc) is 3.22. The quantitative estimate of drug-likeness (QED) is 0.325. The van der Waals surface area contributed by atoms with E-state index in [1.807, 2.05) is 18.2 Å². The largest absolute Gasteiger partial charge is 0.357 e. The number of hydrogen-bond acceptors (Lipinski definition) is 3. The van der Waals surface area contributed by atoms with Gasteiger partial charge in [-0.3, -0.25) is 9.79 Å². The summed E-state index contributed by atoms with van der Waals surface area (Å²) >= 11 is 0. The van der Waals surface area contributed by atoms with Gasteiger partial charge in [-0.2, -0.15) is 0 Å². The summed E-state index contributed by atoms with van der Waals surface area (Å²) in [6, 6.07) is 7.83. The summed E-state index contributed by atoms with van der Waals surface area (Å²) in [5.41, 5.74) is 1.86. The van der Waals surface area contributed by atoms with Crippen molar-refractivity contribution in [3.05, 3.63) is 35.4 Å². The SMILES string of the molecule is CCNC(=NCCc1cccc(C(=O)NC)c1)N1CCC(CN2CCCCC2)C1.I. The van der Waals surface area contributed by atoms with Crippen LogP contribution in [0, 0.1) is 5.92 Å². The lowest BCUT2D eigenvalue weighted by Gasteiger charge is -2.29. The van der Waals surface area contributed by atoms with E-state index >= 15 is 0 Å². The molecule has 2 N–H and O–H groups in total. The van der Waals surface area contributed by atoms with Crippen molar-refractivity contribution in [3.8, 4) is 0 Å². The molecule has 1 atom stereocenters. The fraction of sp³-hybridized carbons (Fsp3) is 0.652. The summed E-state index contributed by atoms with van der Waals surface area (Å²) in [5, 5.41) is 6.16. The molecule has 1 unspecified atom stereocenters. The molecular formula is C23H38IN5O. The number of guanidine groups is 1. The number of likely N-dealkylation sites (tertiary alicyclic amines) is 2. The Balaban J connectivity index is 0.00000320. The van der Waals surface area contributed by atoms with Crippen LogP contribution in [0.1, 0.15) is 48.5 Å². The number of benzene rings is 1. The Morgan fingerprint density at radius 3 is 2.73 bits per heavy atom. The first-order valence-electron chi connectivity index (χ1n) is 11.3. The molecule has 1 amide bonds. The van der Waals surface area contributed by atoms with E-state index in [0.29, 0.717) is 5.56 Å². The predicted molar refractivity (Wildman–Crippen MR) is 135 cm³/mol. The van der Waals surface area contributed by atoms with E-state index in [0.717, 1.165) is 50.0 Å². The second kappa shape index (κ2) is 13.1. The molecule has 0 spiro atoms. The maximum absolute atomic E-state index is 11.8. The van der Waals surface area contributed by atoms with E-state index < -0.39 is 0 Å². The zero-order valence-corrected chi connectivity index (χ0v) is 20.9. The molecule has 0 radical (unpaired) electrons. The summed E-state index contributed by atoms with van der Waals surface area (Å²) in [6.07, 6.45) is 6.22. The van der Waals surface area contributed by atoms with Crippen LogP contribution in [0.5, 0.6) is 0 Å². The van der Waals surface area contributed by atoms with Crippen molar-refractivity contribution in [1.82, 2.24) is 20.4 Å². The second-order valence-corrected chi connectivity index (χ2v) is 8.23. The molecule has 30 heavy (non-hydrogen) atoms. The molecule has 2 aliphatic rings. The number of nitrogens with zero attached hydrogens (tertiary/aromatic N) is 3. The maximum Gasteiger partial charge on any atom is 0.251 e. The molecular weight excluding hydrogens is 489 g/mol. The number of rotatable bonds is 7. The first-order valence-corrected chi connectivity index (χ1v) is 11.3. The van der Waals surface area contributed by atoms with Crippen molar-refractivity contribution in [3.63, 3.8) is 0 Å². The van der Waals surface area contributed by atoms with Gasteiger partial charge in [0.15, 0.2) is 5.96 Å². The Labute approximate surface area is 198 Å². The molecule has 1 aromatic carbocycles. The first-order chi connectivity index (χ1) is 14.2. The number of carbonyl (C=O) groups excluding carboxylic acids is 1. The second-order valence-electron chi connectivity index (χ2n) is 8.23. The van der Waals surface area contributed by atoms with Crippen LogP contribution in [0.2, 0.25) is 0 Å². The number of nitrogens with one attached hydrogen (secondary N) is 2. The Morgan fingerprint density at radius 1 is 1.20 bits per heavy atom. The van der Waals surface area contributed by atoms with Gasteiger partial charge >= 0.3 is 0 Å². The number of hydrogen-bond donors (Lipinski definition) is 2. The van der Waals surface area contributed by atoms with Gasteiger partial charge in [-0.15, -0.1) is 24.0 Å². The van der Waals surface area contributed by atoms with E-state index in [-0.39, 0.29) is 29.9 Å². The highest BCUT2D eigenvalue weighted by Crippen LogP contribution is 2.20. The van der Waals surface area contributed by atoms with Crippen molar-refractivity contribution in [2.24, 2.45) is 10.9 Å². The van der Waals surface area contributed by atoms with Crippen LogP contribution in [0.3, 0.4) is 0 Å². The van der Waals surface area contributed by atoms with Crippen molar-refractivity contribution >= 4 is 35.8 Å². The first kappa shape index (κ1) is 24.9. The van der Waals surface area contributed by atoms with Crippen LogP contribution >= 0.6 is 24.0 Å². The molecule has 0 saturated carbocycles. The topological polar surface area (TPSA) is 60.0 Å². The lowest BCUT2D eigenvalue weighted by atomic mass is 10.1. The molecule has 2 saturated heterocycles. The van der Waals surface area contributed by atoms with Crippen LogP contribution in [-0.2, 0) is 6.42 Å². The highest BCUT2D eigenvalue weighted by Gasteiger charge is 2.26. The minimum Gasteiger partial charge on any atom is -0.357 e. The molecule has 2 aliphatic heterocycles. The van der Waals surface area contributed by atoms with E-state index in [4.69, 9.17) is 4.99 Å². The van der Waals surface area contributed by atoms with Crippen LogP contribution < -0.4 is 10.6 Å². The summed E-state index contributed by atoms with van der Waals surface area (Å²) in [6.45, 7) is 9.74. The molecule has 1 aromatic rings. The summed E-state index contributed by atoms with van der Waals surface area (Å²) in [7, 11) is 1.66. The lowest BCUT2D eigenvalue weighted by molar-refractivity contribution is 0.0963. The lowest BCUT2D eigenvalue weighted by Crippen LogP contribution is -2.41. The fourth-order valence-corrected chi connectivity index (χ4v) is 4.41. The Kier molecular flexibility index (Phi) is 10.9.